The number of carbonyl (C=O) groups is 1. The summed E-state index contributed by atoms with van der Waals surface area (Å²) in [5, 5.41) is 0.612. The predicted octanol–water partition coefficient (Wildman–Crippen LogP) is 2.82. The summed E-state index contributed by atoms with van der Waals surface area (Å²) in [6.07, 6.45) is 2.40. The number of ether oxygens (including phenoxy) is 1. The minimum Gasteiger partial charge on any atom is -0.468 e. The number of halogens is 1. The summed E-state index contributed by atoms with van der Waals surface area (Å²) in [6.45, 7) is 0. The van der Waals surface area contributed by atoms with Gasteiger partial charge in [-0.2, -0.15) is 0 Å². The van der Waals surface area contributed by atoms with E-state index in [1.165, 1.54) is 7.11 Å². The highest BCUT2D eigenvalue weighted by Gasteiger charge is 2.29. The first-order chi connectivity index (χ1) is 13.0. The van der Waals surface area contributed by atoms with Crippen molar-refractivity contribution in [2.75, 3.05) is 7.11 Å². The summed E-state index contributed by atoms with van der Waals surface area (Å²) in [5.41, 5.74) is 9.11. The molecule has 0 aliphatic heterocycles. The summed E-state index contributed by atoms with van der Waals surface area (Å²) in [6, 6.07) is 12.5. The molecule has 7 heteroatoms. The van der Waals surface area contributed by atoms with E-state index >= 15 is 0 Å². The van der Waals surface area contributed by atoms with Crippen molar-refractivity contribution in [2.24, 2.45) is 5.73 Å². The molecule has 1 fully saturated rings. The van der Waals surface area contributed by atoms with Crippen molar-refractivity contribution in [3.05, 3.63) is 63.5 Å². The first kappa shape index (κ1) is 17.8. The van der Waals surface area contributed by atoms with Gasteiger partial charge in [0.25, 0.3) is 0 Å². The lowest BCUT2D eigenvalue weighted by atomic mass is 10.1. The van der Waals surface area contributed by atoms with Crippen molar-refractivity contribution < 1.29 is 9.53 Å². The van der Waals surface area contributed by atoms with Crippen LogP contribution in [0.15, 0.2) is 47.3 Å². The molecular formula is C20H20ClN3O3. The lowest BCUT2D eigenvalue weighted by molar-refractivity contribution is -0.142. The highest BCUT2D eigenvalue weighted by atomic mass is 35.5. The van der Waals surface area contributed by atoms with E-state index in [2.05, 4.69) is 4.74 Å². The molecular weight excluding hydrogens is 366 g/mol. The standard InChI is InChI=1S/C20H20ClN3O3/c1-27-19(25)16(22)10-12-2-5-14(6-3-12)23-17-9-4-13(21)11-18(17)24(20(23)26)15-7-8-15/h2-6,9,11,15-16H,7-8,10,22H2,1H3/t16-/m0/s1. The fourth-order valence-corrected chi connectivity index (χ4v) is 3.56. The number of fused-ring (bicyclic) bond motifs is 1. The summed E-state index contributed by atoms with van der Waals surface area (Å²) >= 11 is 6.16. The lowest BCUT2D eigenvalue weighted by Crippen LogP contribution is -2.33. The third-order valence-corrected chi connectivity index (χ3v) is 5.14. The molecule has 0 spiro atoms. The SMILES string of the molecule is COC(=O)[C@@H](N)Cc1ccc(-n2c(=O)n(C3CC3)c3cc(Cl)ccc32)cc1. The Hall–Kier alpha value is -2.57. The van der Waals surface area contributed by atoms with Crippen LogP contribution in [0.4, 0.5) is 0 Å². The number of hydrogen-bond acceptors (Lipinski definition) is 4. The largest absolute Gasteiger partial charge is 0.468 e. The monoisotopic (exact) mass is 385 g/mol. The summed E-state index contributed by atoms with van der Waals surface area (Å²) in [5.74, 6) is -0.445. The number of esters is 1. The van der Waals surface area contributed by atoms with E-state index < -0.39 is 12.0 Å². The van der Waals surface area contributed by atoms with Gasteiger partial charge < -0.3 is 10.5 Å². The van der Waals surface area contributed by atoms with Gasteiger partial charge in [0.1, 0.15) is 6.04 Å². The van der Waals surface area contributed by atoms with Gasteiger partial charge in [-0.05, 0) is 55.2 Å². The van der Waals surface area contributed by atoms with Gasteiger partial charge in [0.2, 0.25) is 0 Å². The topological polar surface area (TPSA) is 79.2 Å². The Balaban J connectivity index is 1.74. The maximum absolute atomic E-state index is 13.1. The fourth-order valence-electron chi connectivity index (χ4n) is 3.40. The van der Waals surface area contributed by atoms with Crippen LogP contribution in [0.2, 0.25) is 5.02 Å². The molecule has 1 atom stereocenters. The number of rotatable bonds is 5. The number of aromatic nitrogens is 2. The van der Waals surface area contributed by atoms with Crippen LogP contribution in [0.25, 0.3) is 16.7 Å². The molecule has 1 aliphatic carbocycles. The van der Waals surface area contributed by atoms with Crippen LogP contribution >= 0.6 is 11.6 Å². The second-order valence-electron chi connectivity index (χ2n) is 6.85. The number of carbonyl (C=O) groups excluding carboxylic acids is 1. The summed E-state index contributed by atoms with van der Waals surface area (Å²) in [7, 11) is 1.32. The third kappa shape index (κ3) is 3.26. The number of nitrogens with two attached hydrogens (primary N) is 1. The zero-order chi connectivity index (χ0) is 19.1. The van der Waals surface area contributed by atoms with Gasteiger partial charge in [0.15, 0.2) is 0 Å². The van der Waals surface area contributed by atoms with Crippen molar-refractivity contribution in [3.63, 3.8) is 0 Å². The number of hydrogen-bond donors (Lipinski definition) is 1. The van der Waals surface area contributed by atoms with Gasteiger partial charge in [0.05, 0.1) is 23.8 Å². The van der Waals surface area contributed by atoms with Crippen molar-refractivity contribution >= 4 is 28.6 Å². The average molecular weight is 386 g/mol. The molecule has 140 valence electrons. The lowest BCUT2D eigenvalue weighted by Gasteiger charge is -2.10. The Bertz CT molecular complexity index is 1060. The Labute approximate surface area is 161 Å². The summed E-state index contributed by atoms with van der Waals surface area (Å²) in [4.78, 5) is 24.6. The Morgan fingerprint density at radius 2 is 1.93 bits per heavy atom. The molecule has 1 aromatic heterocycles. The van der Waals surface area contributed by atoms with Crippen LogP contribution in [0.1, 0.15) is 24.4 Å². The van der Waals surface area contributed by atoms with E-state index in [0.717, 1.165) is 35.1 Å². The maximum Gasteiger partial charge on any atom is 0.333 e. The molecule has 27 heavy (non-hydrogen) atoms. The van der Waals surface area contributed by atoms with Crippen molar-refractivity contribution in [2.45, 2.75) is 31.3 Å². The van der Waals surface area contributed by atoms with Gasteiger partial charge in [0, 0.05) is 11.1 Å². The zero-order valence-electron chi connectivity index (χ0n) is 14.9. The van der Waals surface area contributed by atoms with Gasteiger partial charge in [-0.25, -0.2) is 4.79 Å². The van der Waals surface area contributed by atoms with Crippen LogP contribution in [0, 0.1) is 0 Å². The molecule has 0 saturated heterocycles. The molecule has 0 amide bonds. The highest BCUT2D eigenvalue weighted by Crippen LogP contribution is 2.37. The zero-order valence-corrected chi connectivity index (χ0v) is 15.6. The van der Waals surface area contributed by atoms with Crippen molar-refractivity contribution in [1.82, 2.24) is 9.13 Å². The Morgan fingerprint density at radius 1 is 1.22 bits per heavy atom. The van der Waals surface area contributed by atoms with Crippen LogP contribution in [0.3, 0.4) is 0 Å². The van der Waals surface area contributed by atoms with Gasteiger partial charge in [-0.15, -0.1) is 0 Å². The van der Waals surface area contributed by atoms with Crippen LogP contribution in [-0.2, 0) is 16.0 Å². The average Bonchev–Trinajstić information content (AvgIpc) is 3.45. The molecule has 1 saturated carbocycles. The van der Waals surface area contributed by atoms with Gasteiger partial charge in [-0.3, -0.25) is 13.9 Å². The number of benzene rings is 2. The second kappa shape index (κ2) is 6.87. The summed E-state index contributed by atoms with van der Waals surface area (Å²) < 4.78 is 8.20. The van der Waals surface area contributed by atoms with Crippen LogP contribution in [0.5, 0.6) is 0 Å². The smallest absolute Gasteiger partial charge is 0.333 e. The molecule has 2 N–H and O–H groups in total. The predicted molar refractivity (Wildman–Crippen MR) is 105 cm³/mol. The van der Waals surface area contributed by atoms with Crippen molar-refractivity contribution in [3.8, 4) is 5.69 Å². The van der Waals surface area contributed by atoms with Crippen LogP contribution < -0.4 is 11.4 Å². The maximum atomic E-state index is 13.1. The molecule has 6 nitrogen and oxygen atoms in total. The minimum absolute atomic E-state index is 0.0613. The van der Waals surface area contributed by atoms with E-state index in [0.29, 0.717) is 11.4 Å². The molecule has 1 aliphatic rings. The van der Waals surface area contributed by atoms with E-state index in [4.69, 9.17) is 17.3 Å². The van der Waals surface area contributed by atoms with Crippen molar-refractivity contribution in [1.29, 1.82) is 0 Å². The van der Waals surface area contributed by atoms with Gasteiger partial charge in [-0.1, -0.05) is 23.7 Å². The van der Waals surface area contributed by atoms with E-state index in [1.807, 2.05) is 41.0 Å². The molecule has 4 rings (SSSR count). The van der Waals surface area contributed by atoms with E-state index in [9.17, 15) is 9.59 Å². The molecule has 0 bridgehead atoms. The molecule has 3 aromatic rings. The quantitative estimate of drug-likeness (QED) is 0.685. The molecule has 0 unspecified atom stereocenters. The minimum atomic E-state index is -0.706. The first-order valence-corrected chi connectivity index (χ1v) is 9.22. The van der Waals surface area contributed by atoms with Crippen LogP contribution in [-0.4, -0.2) is 28.3 Å². The molecule has 1 heterocycles. The molecule has 0 radical (unpaired) electrons. The molecule has 2 aromatic carbocycles. The normalized spacial score (nSPS) is 15.1. The number of imidazole rings is 1. The van der Waals surface area contributed by atoms with E-state index in [1.54, 1.807) is 10.6 Å². The first-order valence-electron chi connectivity index (χ1n) is 8.85. The Morgan fingerprint density at radius 3 is 2.56 bits per heavy atom. The number of methoxy groups -OCH3 is 1. The number of nitrogens with zero attached hydrogens (tertiary/aromatic N) is 2. The third-order valence-electron chi connectivity index (χ3n) is 4.90. The Kier molecular flexibility index (Phi) is 4.53. The highest BCUT2D eigenvalue weighted by molar-refractivity contribution is 6.31. The fraction of sp³-hybridized carbons (Fsp3) is 0.300. The van der Waals surface area contributed by atoms with E-state index in [-0.39, 0.29) is 11.7 Å². The van der Waals surface area contributed by atoms with Gasteiger partial charge >= 0.3 is 11.7 Å². The second-order valence-corrected chi connectivity index (χ2v) is 7.29.